The molecule has 0 saturated heterocycles. The highest BCUT2D eigenvalue weighted by atomic mass is 16.5. The number of ether oxygens (including phenoxy) is 1. The number of hydrogen-bond donors (Lipinski definition) is 3. The van der Waals surface area contributed by atoms with Gasteiger partial charge in [-0.05, 0) is 12.1 Å². The number of fused-ring (bicyclic) bond motifs is 1. The molecule has 0 bridgehead atoms. The van der Waals surface area contributed by atoms with E-state index in [1.165, 1.54) is 0 Å². The number of hydrogen-bond acceptors (Lipinski definition) is 5. The van der Waals surface area contributed by atoms with Crippen molar-refractivity contribution in [3.63, 3.8) is 0 Å². The van der Waals surface area contributed by atoms with E-state index in [0.29, 0.717) is 24.5 Å². The topological polar surface area (TPSA) is 101 Å². The molecule has 1 heterocycles. The average molecular weight is 261 g/mol. The molecule has 0 fully saturated rings. The van der Waals surface area contributed by atoms with Gasteiger partial charge in [-0.15, -0.1) is 0 Å². The van der Waals surface area contributed by atoms with Gasteiger partial charge in [0.15, 0.2) is 5.84 Å². The molecule has 0 radical (unpaired) electrons. The normalized spacial score (nSPS) is 11.7. The van der Waals surface area contributed by atoms with Gasteiger partial charge in [0, 0.05) is 18.4 Å². The Balaban J connectivity index is 2.45. The Labute approximate surface area is 110 Å². The summed E-state index contributed by atoms with van der Waals surface area (Å²) in [7, 11) is 0. The minimum atomic E-state index is -0.0581. The van der Waals surface area contributed by atoms with Gasteiger partial charge in [0.05, 0.1) is 17.7 Å². The summed E-state index contributed by atoms with van der Waals surface area (Å²) in [6.45, 7) is 0.347. The lowest BCUT2D eigenvalue weighted by Gasteiger charge is -2.10. The van der Waals surface area contributed by atoms with Crippen molar-refractivity contribution in [2.24, 2.45) is 10.9 Å². The van der Waals surface area contributed by atoms with E-state index in [1.54, 1.807) is 6.07 Å². The fourth-order valence-electron chi connectivity index (χ4n) is 1.68. The van der Waals surface area contributed by atoms with Crippen molar-refractivity contribution in [2.45, 2.75) is 6.42 Å². The number of para-hydroxylation sites is 1. The van der Waals surface area contributed by atoms with Crippen LogP contribution in [-0.2, 0) is 0 Å². The molecule has 0 spiro atoms. The van der Waals surface area contributed by atoms with E-state index < -0.39 is 0 Å². The van der Waals surface area contributed by atoms with E-state index in [1.807, 2.05) is 24.3 Å². The minimum absolute atomic E-state index is 0.0342. The minimum Gasteiger partial charge on any atom is -0.477 e. The van der Waals surface area contributed by atoms with Crippen molar-refractivity contribution in [1.82, 2.24) is 4.98 Å². The molecule has 0 aliphatic carbocycles. The van der Waals surface area contributed by atoms with Crippen molar-refractivity contribution in [3.8, 4) is 5.88 Å². The second kappa shape index (κ2) is 6.01. The smallest absolute Gasteiger partial charge is 0.225 e. The van der Waals surface area contributed by atoms with Crippen LogP contribution < -0.4 is 10.5 Å². The van der Waals surface area contributed by atoms with Crippen LogP contribution >= 0.6 is 0 Å². The Morgan fingerprint density at radius 2 is 2.16 bits per heavy atom. The van der Waals surface area contributed by atoms with Gasteiger partial charge < -0.3 is 20.8 Å². The van der Waals surface area contributed by atoms with E-state index in [9.17, 15) is 0 Å². The van der Waals surface area contributed by atoms with Crippen LogP contribution in [0, 0.1) is 0 Å². The van der Waals surface area contributed by atoms with Crippen molar-refractivity contribution in [3.05, 3.63) is 35.9 Å². The lowest BCUT2D eigenvalue weighted by Crippen LogP contribution is -2.16. The molecule has 1 aromatic heterocycles. The first-order chi connectivity index (χ1) is 9.26. The Morgan fingerprint density at radius 1 is 1.37 bits per heavy atom. The van der Waals surface area contributed by atoms with Gasteiger partial charge >= 0.3 is 0 Å². The fourth-order valence-corrected chi connectivity index (χ4v) is 1.68. The predicted molar refractivity (Wildman–Crippen MR) is 71.5 cm³/mol. The molecule has 1 aromatic carbocycles. The van der Waals surface area contributed by atoms with Gasteiger partial charge in [-0.2, -0.15) is 0 Å². The summed E-state index contributed by atoms with van der Waals surface area (Å²) in [5.74, 6) is 0.236. The molecular formula is C13H15N3O3. The zero-order chi connectivity index (χ0) is 13.7. The molecule has 6 nitrogen and oxygen atoms in total. The predicted octanol–water partition coefficient (Wildman–Crippen LogP) is 1.09. The highest BCUT2D eigenvalue weighted by molar-refractivity contribution is 6.02. The molecule has 0 amide bonds. The van der Waals surface area contributed by atoms with Crippen LogP contribution in [0.3, 0.4) is 0 Å². The highest BCUT2D eigenvalue weighted by Crippen LogP contribution is 2.22. The monoisotopic (exact) mass is 261 g/mol. The maximum absolute atomic E-state index is 8.80. The zero-order valence-corrected chi connectivity index (χ0v) is 10.3. The molecule has 0 aliphatic heterocycles. The number of amidine groups is 1. The molecule has 2 aromatic rings. The van der Waals surface area contributed by atoms with E-state index in [-0.39, 0.29) is 12.4 Å². The second-order valence-corrected chi connectivity index (χ2v) is 3.94. The Kier molecular flexibility index (Phi) is 4.15. The largest absolute Gasteiger partial charge is 0.477 e. The van der Waals surface area contributed by atoms with Gasteiger partial charge in [0.2, 0.25) is 5.88 Å². The number of nitrogens with two attached hydrogens (primary N) is 1. The molecule has 0 saturated carbocycles. The zero-order valence-electron chi connectivity index (χ0n) is 10.3. The van der Waals surface area contributed by atoms with Crippen LogP contribution in [0.2, 0.25) is 0 Å². The lowest BCUT2D eigenvalue weighted by atomic mass is 10.1. The Morgan fingerprint density at radius 3 is 2.89 bits per heavy atom. The summed E-state index contributed by atoms with van der Waals surface area (Å²) in [4.78, 5) is 4.34. The summed E-state index contributed by atoms with van der Waals surface area (Å²) in [5, 5.41) is 21.4. The van der Waals surface area contributed by atoms with E-state index >= 15 is 0 Å². The fraction of sp³-hybridized carbons (Fsp3) is 0.231. The molecule has 100 valence electrons. The quantitative estimate of drug-likeness (QED) is 0.246. The third-order valence-corrected chi connectivity index (χ3v) is 2.61. The highest BCUT2D eigenvalue weighted by Gasteiger charge is 2.12. The van der Waals surface area contributed by atoms with Crippen LogP contribution in [0.25, 0.3) is 10.9 Å². The maximum atomic E-state index is 8.80. The molecule has 19 heavy (non-hydrogen) atoms. The maximum Gasteiger partial charge on any atom is 0.225 e. The second-order valence-electron chi connectivity index (χ2n) is 3.94. The number of nitrogens with zero attached hydrogens (tertiary/aromatic N) is 2. The first-order valence-corrected chi connectivity index (χ1v) is 5.87. The summed E-state index contributed by atoms with van der Waals surface area (Å²) in [5.41, 5.74) is 6.81. The first-order valence-electron chi connectivity index (χ1n) is 5.87. The number of pyridine rings is 1. The Bertz CT molecular complexity index is 599. The van der Waals surface area contributed by atoms with Gasteiger partial charge in [0.1, 0.15) is 0 Å². The van der Waals surface area contributed by atoms with Gasteiger partial charge in [-0.25, -0.2) is 4.98 Å². The Hall–Kier alpha value is -2.34. The molecule has 0 unspecified atom stereocenters. The van der Waals surface area contributed by atoms with E-state index in [0.717, 1.165) is 10.9 Å². The molecule has 2 rings (SSSR count). The summed E-state index contributed by atoms with van der Waals surface area (Å²) in [6, 6.07) is 9.24. The number of aliphatic hydroxyl groups is 1. The number of benzene rings is 1. The van der Waals surface area contributed by atoms with Crippen LogP contribution in [0.1, 0.15) is 12.0 Å². The number of aromatic nitrogens is 1. The SMILES string of the molecule is NC(=NO)c1cc2ccccc2nc1OCCCO. The van der Waals surface area contributed by atoms with Gasteiger partial charge in [-0.1, -0.05) is 23.4 Å². The number of rotatable bonds is 5. The molecule has 0 atom stereocenters. The standard InChI is InChI=1S/C13H15N3O3/c14-12(16-18)10-8-9-4-1-2-5-11(9)15-13(10)19-7-3-6-17/h1-2,4-5,8,17-18H,3,6-7H2,(H2,14,16). The molecule has 0 aliphatic rings. The molecule has 6 heteroatoms. The molecule has 4 N–H and O–H groups in total. The van der Waals surface area contributed by atoms with Crippen molar-refractivity contribution in [1.29, 1.82) is 0 Å². The first kappa shape index (κ1) is 13.1. The van der Waals surface area contributed by atoms with Crippen molar-refractivity contribution in [2.75, 3.05) is 13.2 Å². The van der Waals surface area contributed by atoms with Gasteiger partial charge in [-0.3, -0.25) is 0 Å². The number of oxime groups is 1. The van der Waals surface area contributed by atoms with Crippen molar-refractivity contribution >= 4 is 16.7 Å². The summed E-state index contributed by atoms with van der Waals surface area (Å²) >= 11 is 0. The summed E-state index contributed by atoms with van der Waals surface area (Å²) in [6.07, 6.45) is 0.490. The van der Waals surface area contributed by atoms with Crippen LogP contribution in [-0.4, -0.2) is 34.3 Å². The third kappa shape index (κ3) is 2.92. The van der Waals surface area contributed by atoms with Crippen LogP contribution in [0.15, 0.2) is 35.5 Å². The number of aliphatic hydroxyl groups excluding tert-OH is 1. The van der Waals surface area contributed by atoms with Crippen molar-refractivity contribution < 1.29 is 15.1 Å². The van der Waals surface area contributed by atoms with E-state index in [4.69, 9.17) is 20.8 Å². The third-order valence-electron chi connectivity index (χ3n) is 2.61. The van der Waals surface area contributed by atoms with Gasteiger partial charge in [0.25, 0.3) is 0 Å². The lowest BCUT2D eigenvalue weighted by molar-refractivity contribution is 0.229. The van der Waals surface area contributed by atoms with Crippen LogP contribution in [0.4, 0.5) is 0 Å². The summed E-state index contributed by atoms with van der Waals surface area (Å²) < 4.78 is 5.47. The molecular weight excluding hydrogens is 246 g/mol. The van der Waals surface area contributed by atoms with E-state index in [2.05, 4.69) is 10.1 Å². The van der Waals surface area contributed by atoms with Crippen LogP contribution in [0.5, 0.6) is 5.88 Å². The average Bonchev–Trinajstić information content (AvgIpc) is 2.46.